The summed E-state index contributed by atoms with van der Waals surface area (Å²) in [5.41, 5.74) is 3.60. The van der Waals surface area contributed by atoms with Gasteiger partial charge >= 0.3 is 5.97 Å². The molecular formula is C28H31NO5. The number of hydrogen-bond acceptors (Lipinski definition) is 6. The molecule has 2 aromatic carbocycles. The maximum absolute atomic E-state index is 13.4. The largest absolute Gasteiger partial charge is 0.497 e. The summed E-state index contributed by atoms with van der Waals surface area (Å²) in [6.45, 7) is 8.45. The minimum absolute atomic E-state index is 0.0556. The fraction of sp³-hybridized carbons (Fsp3) is 0.357. The Morgan fingerprint density at radius 3 is 2.18 bits per heavy atom. The summed E-state index contributed by atoms with van der Waals surface area (Å²) in [4.78, 5) is 26.8. The highest BCUT2D eigenvalue weighted by atomic mass is 16.5. The van der Waals surface area contributed by atoms with E-state index < -0.39 is 17.8 Å². The molecule has 1 N–H and O–H groups in total. The van der Waals surface area contributed by atoms with E-state index >= 15 is 0 Å². The minimum Gasteiger partial charge on any atom is -0.497 e. The number of carbonyl (C=O) groups excluding carboxylic acids is 2. The van der Waals surface area contributed by atoms with E-state index in [1.165, 1.54) is 0 Å². The van der Waals surface area contributed by atoms with E-state index in [9.17, 15) is 9.59 Å². The van der Waals surface area contributed by atoms with Gasteiger partial charge in [0.15, 0.2) is 5.78 Å². The van der Waals surface area contributed by atoms with Gasteiger partial charge in [0.25, 0.3) is 0 Å². The van der Waals surface area contributed by atoms with Crippen molar-refractivity contribution in [3.05, 3.63) is 83.2 Å². The number of ketones is 1. The Morgan fingerprint density at radius 2 is 1.59 bits per heavy atom. The van der Waals surface area contributed by atoms with Gasteiger partial charge in [-0.05, 0) is 47.2 Å². The van der Waals surface area contributed by atoms with E-state index in [1.54, 1.807) is 14.2 Å². The summed E-state index contributed by atoms with van der Waals surface area (Å²) in [6, 6.07) is 14.9. The minimum atomic E-state index is -0.726. The molecule has 1 aliphatic heterocycles. The maximum Gasteiger partial charge on any atom is 0.316 e. The van der Waals surface area contributed by atoms with Crippen LogP contribution >= 0.6 is 0 Å². The molecule has 4 rings (SSSR count). The third-order valence-electron chi connectivity index (χ3n) is 6.52. The fourth-order valence-electron chi connectivity index (χ4n) is 4.86. The molecule has 1 aliphatic carbocycles. The number of esters is 1. The van der Waals surface area contributed by atoms with Crippen LogP contribution in [0.2, 0.25) is 0 Å². The van der Waals surface area contributed by atoms with Crippen molar-refractivity contribution in [1.29, 1.82) is 0 Å². The van der Waals surface area contributed by atoms with Crippen LogP contribution in [0.4, 0.5) is 0 Å². The molecule has 178 valence electrons. The molecule has 0 fully saturated rings. The van der Waals surface area contributed by atoms with Crippen molar-refractivity contribution in [3.63, 3.8) is 0 Å². The smallest absolute Gasteiger partial charge is 0.316 e. The number of rotatable bonds is 6. The van der Waals surface area contributed by atoms with Crippen LogP contribution in [0.3, 0.4) is 0 Å². The molecule has 0 bridgehead atoms. The first kappa shape index (κ1) is 23.6. The highest BCUT2D eigenvalue weighted by Gasteiger charge is 2.46. The molecule has 0 saturated heterocycles. The van der Waals surface area contributed by atoms with Gasteiger partial charge in [-0.2, -0.15) is 0 Å². The molecule has 2 aromatic rings. The number of nitrogens with one attached hydrogen (secondary N) is 1. The second-order valence-corrected chi connectivity index (χ2v) is 9.67. The first-order chi connectivity index (χ1) is 16.2. The molecule has 0 amide bonds. The van der Waals surface area contributed by atoms with Gasteiger partial charge in [0.05, 0.1) is 14.2 Å². The van der Waals surface area contributed by atoms with E-state index in [0.29, 0.717) is 29.9 Å². The van der Waals surface area contributed by atoms with Crippen LogP contribution in [-0.4, -0.2) is 26.0 Å². The second-order valence-electron chi connectivity index (χ2n) is 9.67. The Morgan fingerprint density at radius 1 is 1.00 bits per heavy atom. The summed E-state index contributed by atoms with van der Waals surface area (Å²) in [5, 5.41) is 3.29. The van der Waals surface area contributed by atoms with Crippen molar-refractivity contribution in [2.24, 2.45) is 11.3 Å². The molecule has 0 spiro atoms. The van der Waals surface area contributed by atoms with Gasteiger partial charge in [-0.15, -0.1) is 0 Å². The molecule has 0 radical (unpaired) electrons. The van der Waals surface area contributed by atoms with Crippen LogP contribution in [-0.2, 0) is 20.9 Å². The molecule has 2 aliphatic rings. The lowest BCUT2D eigenvalue weighted by atomic mass is 9.66. The zero-order valence-electron chi connectivity index (χ0n) is 20.1. The van der Waals surface area contributed by atoms with Crippen LogP contribution in [0.25, 0.3) is 0 Å². The van der Waals surface area contributed by atoms with E-state index in [1.807, 2.05) is 48.5 Å². The molecule has 34 heavy (non-hydrogen) atoms. The lowest BCUT2D eigenvalue weighted by molar-refractivity contribution is -0.149. The maximum atomic E-state index is 13.4. The standard InChI is InChI=1S/C28H31NO5/c1-17-24(27(31)34-16-18-6-10-20(32-4)11-7-18)25(19-8-12-21(33-5)13-9-19)26-22(29-17)14-28(2,3)15-23(26)30/h6-13,24-25,29H,1,14-16H2,2-5H3. The van der Waals surface area contributed by atoms with Crippen LogP contribution in [0.5, 0.6) is 11.5 Å². The number of hydrogen-bond donors (Lipinski definition) is 1. The second kappa shape index (κ2) is 9.37. The normalized spacial score (nSPS) is 21.4. The topological polar surface area (TPSA) is 73.9 Å². The average Bonchev–Trinajstić information content (AvgIpc) is 2.81. The van der Waals surface area contributed by atoms with Crippen LogP contribution in [0, 0.1) is 11.3 Å². The van der Waals surface area contributed by atoms with E-state index in [-0.39, 0.29) is 17.8 Å². The average molecular weight is 462 g/mol. The molecule has 6 nitrogen and oxygen atoms in total. The Bertz CT molecular complexity index is 1130. The Kier molecular flexibility index (Phi) is 6.51. The molecule has 1 heterocycles. The van der Waals surface area contributed by atoms with Crippen LogP contribution in [0.15, 0.2) is 72.1 Å². The van der Waals surface area contributed by atoms with Crippen molar-refractivity contribution < 1.29 is 23.8 Å². The highest BCUT2D eigenvalue weighted by molar-refractivity contribution is 6.00. The van der Waals surface area contributed by atoms with Gasteiger partial charge in [-0.1, -0.05) is 44.7 Å². The predicted octanol–water partition coefficient (Wildman–Crippen LogP) is 4.91. The van der Waals surface area contributed by atoms with Gasteiger partial charge in [0.2, 0.25) is 0 Å². The highest BCUT2D eigenvalue weighted by Crippen LogP contribution is 2.48. The number of methoxy groups -OCH3 is 2. The first-order valence-corrected chi connectivity index (χ1v) is 11.4. The Labute approximate surface area is 200 Å². The van der Waals surface area contributed by atoms with E-state index in [4.69, 9.17) is 14.2 Å². The van der Waals surface area contributed by atoms with Crippen LogP contribution in [0.1, 0.15) is 43.7 Å². The Hall–Kier alpha value is -3.54. The summed E-state index contributed by atoms with van der Waals surface area (Å²) < 4.78 is 16.2. The van der Waals surface area contributed by atoms with E-state index in [2.05, 4.69) is 25.7 Å². The third kappa shape index (κ3) is 4.72. The number of benzene rings is 2. The SMILES string of the molecule is C=C1NC2=C(C(=O)CC(C)(C)C2)C(c2ccc(OC)cc2)C1C(=O)OCc1ccc(OC)cc1. The van der Waals surface area contributed by atoms with Crippen LogP contribution < -0.4 is 14.8 Å². The van der Waals surface area contributed by atoms with Gasteiger partial charge < -0.3 is 19.5 Å². The van der Waals surface area contributed by atoms with Crippen molar-refractivity contribution in [1.82, 2.24) is 5.32 Å². The molecule has 0 aromatic heterocycles. The molecular weight excluding hydrogens is 430 g/mol. The number of Topliss-reactive ketones (excluding diaryl/α,β-unsaturated/α-hetero) is 1. The predicted molar refractivity (Wildman–Crippen MR) is 129 cm³/mol. The summed E-state index contributed by atoms with van der Waals surface area (Å²) in [7, 11) is 3.21. The Balaban J connectivity index is 1.67. The first-order valence-electron chi connectivity index (χ1n) is 11.4. The molecule has 2 unspecified atom stereocenters. The van der Waals surface area contributed by atoms with Gasteiger partial charge in [-0.25, -0.2) is 0 Å². The molecule has 6 heteroatoms. The zero-order chi connectivity index (χ0) is 24.5. The molecule has 0 saturated carbocycles. The van der Waals surface area contributed by atoms with E-state index in [0.717, 1.165) is 22.6 Å². The number of ether oxygens (including phenoxy) is 3. The van der Waals surface area contributed by atoms with Gasteiger partial charge in [-0.3, -0.25) is 9.59 Å². The monoisotopic (exact) mass is 461 g/mol. The third-order valence-corrected chi connectivity index (χ3v) is 6.52. The van der Waals surface area contributed by atoms with Crippen molar-refractivity contribution >= 4 is 11.8 Å². The van der Waals surface area contributed by atoms with Gasteiger partial charge in [0.1, 0.15) is 24.0 Å². The lowest BCUT2D eigenvalue weighted by Gasteiger charge is -2.42. The van der Waals surface area contributed by atoms with Crippen molar-refractivity contribution in [3.8, 4) is 11.5 Å². The number of allylic oxidation sites excluding steroid dienone is 2. The van der Waals surface area contributed by atoms with Crippen molar-refractivity contribution in [2.45, 2.75) is 39.2 Å². The summed E-state index contributed by atoms with van der Waals surface area (Å²) in [6.07, 6.45) is 1.15. The number of carbonyl (C=O) groups is 2. The summed E-state index contributed by atoms with van der Waals surface area (Å²) >= 11 is 0. The molecule has 2 atom stereocenters. The quantitative estimate of drug-likeness (QED) is 0.617. The lowest BCUT2D eigenvalue weighted by Crippen LogP contribution is -2.43. The van der Waals surface area contributed by atoms with Crippen molar-refractivity contribution in [2.75, 3.05) is 14.2 Å². The zero-order valence-corrected chi connectivity index (χ0v) is 20.1. The van der Waals surface area contributed by atoms with Gasteiger partial charge in [0, 0.05) is 29.3 Å². The fourth-order valence-corrected chi connectivity index (χ4v) is 4.86. The summed E-state index contributed by atoms with van der Waals surface area (Å²) in [5.74, 6) is -0.117.